The van der Waals surface area contributed by atoms with Crippen molar-refractivity contribution in [3.8, 4) is 5.75 Å². The van der Waals surface area contributed by atoms with Gasteiger partial charge in [-0.15, -0.1) is 0 Å². The molecule has 2 heterocycles. The standard InChI is InChI=1S/C28H28FN3O2/c1-19-6-5-7-20(2)27(19)34-15-14-32-25-9-4-3-8-24(25)30-28(32)22-16-26(33)31(18-22)17-21-10-12-23(29)13-11-21/h3-13,22H,14-18H2,1-2H3. The van der Waals surface area contributed by atoms with E-state index in [2.05, 4.69) is 36.6 Å². The second-order valence-electron chi connectivity index (χ2n) is 8.98. The molecule has 0 radical (unpaired) electrons. The van der Waals surface area contributed by atoms with Crippen molar-refractivity contribution >= 4 is 16.9 Å². The van der Waals surface area contributed by atoms with E-state index in [1.807, 2.05) is 29.2 Å². The molecule has 1 aliphatic heterocycles. The van der Waals surface area contributed by atoms with Crippen LogP contribution in [0.1, 0.15) is 34.9 Å². The molecule has 0 bridgehead atoms. The molecular formula is C28H28FN3O2. The zero-order chi connectivity index (χ0) is 23.7. The molecule has 1 saturated heterocycles. The summed E-state index contributed by atoms with van der Waals surface area (Å²) in [6, 6.07) is 20.5. The van der Waals surface area contributed by atoms with Crippen LogP contribution in [0.4, 0.5) is 4.39 Å². The second kappa shape index (κ2) is 9.29. The summed E-state index contributed by atoms with van der Waals surface area (Å²) in [5.41, 5.74) is 5.13. The Labute approximate surface area is 198 Å². The Bertz CT molecular complexity index is 1310. The summed E-state index contributed by atoms with van der Waals surface area (Å²) in [6.45, 7) is 6.34. The lowest BCUT2D eigenvalue weighted by molar-refractivity contribution is -0.128. The molecule has 1 unspecified atom stereocenters. The monoisotopic (exact) mass is 457 g/mol. The number of amides is 1. The van der Waals surface area contributed by atoms with Crippen LogP contribution >= 0.6 is 0 Å². The zero-order valence-electron chi connectivity index (χ0n) is 19.5. The molecule has 1 fully saturated rings. The topological polar surface area (TPSA) is 47.4 Å². The molecule has 4 aromatic rings. The SMILES string of the molecule is Cc1cccc(C)c1OCCn1c(C2CC(=O)N(Cc3ccc(F)cc3)C2)nc2ccccc21. The van der Waals surface area contributed by atoms with Crippen LogP contribution in [0.15, 0.2) is 66.7 Å². The second-order valence-corrected chi connectivity index (χ2v) is 8.98. The van der Waals surface area contributed by atoms with Crippen LogP contribution in [0.3, 0.4) is 0 Å². The van der Waals surface area contributed by atoms with Crippen molar-refractivity contribution in [2.45, 2.75) is 39.3 Å². The fraction of sp³-hybridized carbons (Fsp3) is 0.286. The van der Waals surface area contributed by atoms with Crippen LogP contribution in [0.25, 0.3) is 11.0 Å². The lowest BCUT2D eigenvalue weighted by atomic mass is 10.1. The summed E-state index contributed by atoms with van der Waals surface area (Å²) in [5.74, 6) is 1.67. The number of aromatic nitrogens is 2. The van der Waals surface area contributed by atoms with Gasteiger partial charge < -0.3 is 14.2 Å². The van der Waals surface area contributed by atoms with E-state index in [9.17, 15) is 9.18 Å². The predicted molar refractivity (Wildman–Crippen MR) is 130 cm³/mol. The number of benzene rings is 3. The molecule has 3 aromatic carbocycles. The number of halogens is 1. The Morgan fingerprint density at radius 3 is 2.50 bits per heavy atom. The molecule has 5 rings (SSSR count). The molecule has 174 valence electrons. The summed E-state index contributed by atoms with van der Waals surface area (Å²) in [7, 11) is 0. The number of likely N-dealkylation sites (tertiary alicyclic amines) is 1. The molecule has 34 heavy (non-hydrogen) atoms. The van der Waals surface area contributed by atoms with Gasteiger partial charge in [0.25, 0.3) is 0 Å². The van der Waals surface area contributed by atoms with E-state index >= 15 is 0 Å². The van der Waals surface area contributed by atoms with E-state index in [1.54, 1.807) is 12.1 Å². The van der Waals surface area contributed by atoms with Gasteiger partial charge in [-0.1, -0.05) is 42.5 Å². The molecule has 5 nitrogen and oxygen atoms in total. The van der Waals surface area contributed by atoms with Crippen molar-refractivity contribution in [3.05, 3.63) is 95.1 Å². The van der Waals surface area contributed by atoms with Gasteiger partial charge in [-0.25, -0.2) is 9.37 Å². The van der Waals surface area contributed by atoms with Gasteiger partial charge in [-0.2, -0.15) is 0 Å². The van der Waals surface area contributed by atoms with Gasteiger partial charge in [0.2, 0.25) is 5.91 Å². The van der Waals surface area contributed by atoms with Gasteiger partial charge in [-0.05, 0) is 54.8 Å². The predicted octanol–water partition coefficient (Wildman–Crippen LogP) is 5.39. The quantitative estimate of drug-likeness (QED) is 0.374. The Kier molecular flexibility index (Phi) is 6.05. The zero-order valence-corrected chi connectivity index (χ0v) is 19.5. The number of carbonyl (C=O) groups excluding carboxylic acids is 1. The van der Waals surface area contributed by atoms with Gasteiger partial charge in [-0.3, -0.25) is 4.79 Å². The van der Waals surface area contributed by atoms with E-state index in [0.717, 1.165) is 39.3 Å². The number of nitrogens with zero attached hydrogens (tertiary/aromatic N) is 3. The Hall–Kier alpha value is -3.67. The Morgan fingerprint density at radius 2 is 1.74 bits per heavy atom. The van der Waals surface area contributed by atoms with Crippen molar-refractivity contribution in [2.75, 3.05) is 13.2 Å². The summed E-state index contributed by atoms with van der Waals surface area (Å²) >= 11 is 0. The lowest BCUT2D eigenvalue weighted by Gasteiger charge is -2.18. The van der Waals surface area contributed by atoms with Crippen LogP contribution in [0, 0.1) is 19.7 Å². The molecule has 1 atom stereocenters. The summed E-state index contributed by atoms with van der Waals surface area (Å²) < 4.78 is 21.6. The van der Waals surface area contributed by atoms with Gasteiger partial charge in [0.15, 0.2) is 0 Å². The van der Waals surface area contributed by atoms with Crippen molar-refractivity contribution in [3.63, 3.8) is 0 Å². The molecule has 0 N–H and O–H groups in total. The van der Waals surface area contributed by atoms with Crippen LogP contribution in [-0.2, 0) is 17.9 Å². The normalized spacial score (nSPS) is 15.9. The van der Waals surface area contributed by atoms with E-state index in [0.29, 0.717) is 32.7 Å². The van der Waals surface area contributed by atoms with Crippen molar-refractivity contribution in [1.29, 1.82) is 0 Å². The third kappa shape index (κ3) is 4.40. The highest BCUT2D eigenvalue weighted by atomic mass is 19.1. The highest BCUT2D eigenvalue weighted by Gasteiger charge is 2.34. The van der Waals surface area contributed by atoms with Crippen molar-refractivity contribution in [2.24, 2.45) is 0 Å². The third-order valence-electron chi connectivity index (χ3n) is 6.52. The minimum absolute atomic E-state index is 0.000505. The molecule has 0 aliphatic carbocycles. The number of rotatable bonds is 7. The highest BCUT2D eigenvalue weighted by molar-refractivity contribution is 5.81. The minimum atomic E-state index is -0.272. The third-order valence-corrected chi connectivity index (χ3v) is 6.52. The number of carbonyl (C=O) groups is 1. The maximum absolute atomic E-state index is 13.3. The van der Waals surface area contributed by atoms with Crippen LogP contribution in [0.5, 0.6) is 5.75 Å². The maximum Gasteiger partial charge on any atom is 0.223 e. The first-order chi connectivity index (χ1) is 16.5. The number of aryl methyl sites for hydroxylation is 2. The number of hydrogen-bond acceptors (Lipinski definition) is 3. The molecular weight excluding hydrogens is 429 g/mol. The molecule has 1 amide bonds. The first-order valence-corrected chi connectivity index (χ1v) is 11.7. The summed E-state index contributed by atoms with van der Waals surface area (Å²) in [6.07, 6.45) is 0.419. The van der Waals surface area contributed by atoms with Crippen molar-refractivity contribution in [1.82, 2.24) is 14.5 Å². The Morgan fingerprint density at radius 1 is 1.00 bits per heavy atom. The summed E-state index contributed by atoms with van der Waals surface area (Å²) in [4.78, 5) is 19.6. The van der Waals surface area contributed by atoms with Gasteiger partial charge >= 0.3 is 0 Å². The van der Waals surface area contributed by atoms with Gasteiger partial charge in [0.1, 0.15) is 24.0 Å². The van der Waals surface area contributed by atoms with Crippen LogP contribution in [0.2, 0.25) is 0 Å². The maximum atomic E-state index is 13.3. The molecule has 1 aromatic heterocycles. The molecule has 1 aliphatic rings. The smallest absolute Gasteiger partial charge is 0.223 e. The van der Waals surface area contributed by atoms with Crippen LogP contribution < -0.4 is 4.74 Å². The fourth-order valence-electron chi connectivity index (χ4n) is 4.81. The fourth-order valence-corrected chi connectivity index (χ4v) is 4.81. The van der Waals surface area contributed by atoms with Gasteiger partial charge in [0.05, 0.1) is 17.6 Å². The number of para-hydroxylation sites is 3. The van der Waals surface area contributed by atoms with E-state index in [-0.39, 0.29) is 17.6 Å². The van der Waals surface area contributed by atoms with Crippen LogP contribution in [-0.4, -0.2) is 33.5 Å². The number of imidazole rings is 1. The highest BCUT2D eigenvalue weighted by Crippen LogP contribution is 2.31. The summed E-state index contributed by atoms with van der Waals surface area (Å²) in [5, 5.41) is 0. The largest absolute Gasteiger partial charge is 0.491 e. The van der Waals surface area contributed by atoms with E-state index in [4.69, 9.17) is 9.72 Å². The minimum Gasteiger partial charge on any atom is -0.491 e. The van der Waals surface area contributed by atoms with Gasteiger partial charge in [0, 0.05) is 25.4 Å². The molecule has 0 saturated carbocycles. The first-order valence-electron chi connectivity index (χ1n) is 11.7. The number of fused-ring (bicyclic) bond motifs is 1. The first kappa shape index (κ1) is 22.1. The molecule has 6 heteroatoms. The number of ether oxygens (including phenoxy) is 1. The average Bonchev–Trinajstić information content (AvgIpc) is 3.37. The van der Waals surface area contributed by atoms with E-state index in [1.165, 1.54) is 12.1 Å². The average molecular weight is 458 g/mol. The van der Waals surface area contributed by atoms with Crippen molar-refractivity contribution < 1.29 is 13.9 Å². The van der Waals surface area contributed by atoms with E-state index < -0.39 is 0 Å². The lowest BCUT2D eigenvalue weighted by Crippen LogP contribution is -2.24. The number of hydrogen-bond donors (Lipinski definition) is 0. The Balaban J connectivity index is 1.36. The molecule has 0 spiro atoms.